The van der Waals surface area contributed by atoms with Gasteiger partial charge >= 0.3 is 5.97 Å². The lowest BCUT2D eigenvalue weighted by Crippen LogP contribution is -2.32. The van der Waals surface area contributed by atoms with Crippen LogP contribution in [0.2, 0.25) is 0 Å². The monoisotopic (exact) mass is 243 g/mol. The number of carbonyl (C=O) groups is 1. The van der Waals surface area contributed by atoms with E-state index in [0.29, 0.717) is 13.0 Å². The van der Waals surface area contributed by atoms with Crippen LogP contribution in [0.25, 0.3) is 0 Å². The van der Waals surface area contributed by atoms with E-state index >= 15 is 0 Å². The van der Waals surface area contributed by atoms with E-state index in [2.05, 4.69) is 0 Å². The van der Waals surface area contributed by atoms with E-state index in [1.54, 1.807) is 6.92 Å². The molecule has 4 heteroatoms. The normalized spacial score (nSPS) is 11.4. The van der Waals surface area contributed by atoms with Crippen LogP contribution < -0.4 is 5.73 Å². The van der Waals surface area contributed by atoms with Crippen LogP contribution in [0.3, 0.4) is 0 Å². The van der Waals surface area contributed by atoms with Crippen molar-refractivity contribution in [1.82, 2.24) is 0 Å². The summed E-state index contributed by atoms with van der Waals surface area (Å²) in [4.78, 5) is 11.2. The molecular weight excluding hydrogens is 226 g/mol. The molecule has 0 aliphatic rings. The Balaban J connectivity index is 0.00000225. The summed E-state index contributed by atoms with van der Waals surface area (Å²) in [6.45, 7) is 2.17. The van der Waals surface area contributed by atoms with E-state index in [1.807, 2.05) is 30.3 Å². The summed E-state index contributed by atoms with van der Waals surface area (Å²) in [7, 11) is 0. The predicted octanol–water partition coefficient (Wildman–Crippen LogP) is 1.93. The first-order valence-corrected chi connectivity index (χ1v) is 5.20. The maximum absolute atomic E-state index is 11.2. The molecule has 1 aromatic carbocycles. The van der Waals surface area contributed by atoms with Gasteiger partial charge in [-0.1, -0.05) is 30.3 Å². The van der Waals surface area contributed by atoms with Gasteiger partial charge < -0.3 is 10.5 Å². The fraction of sp³-hybridized carbons (Fsp3) is 0.417. The average molecular weight is 244 g/mol. The Hall–Kier alpha value is -1.06. The molecule has 0 fully saturated rings. The first-order chi connectivity index (χ1) is 7.24. The minimum absolute atomic E-state index is 0. The third kappa shape index (κ3) is 5.14. The molecule has 2 N–H and O–H groups in total. The van der Waals surface area contributed by atoms with E-state index in [-0.39, 0.29) is 18.4 Å². The standard InChI is InChI=1S/C12H17NO2.ClH/c1-2-15-12(14)11(13)9-8-10-6-4-3-5-7-10;/h3-7,11H,2,8-9,13H2,1H3;1H/t11-;/m0./s1. The summed E-state index contributed by atoms with van der Waals surface area (Å²) in [6, 6.07) is 9.46. The van der Waals surface area contributed by atoms with E-state index in [4.69, 9.17) is 10.5 Å². The van der Waals surface area contributed by atoms with Crippen LogP contribution in [-0.4, -0.2) is 18.6 Å². The Kier molecular flexibility index (Phi) is 7.60. The van der Waals surface area contributed by atoms with Gasteiger partial charge in [0.1, 0.15) is 6.04 Å². The van der Waals surface area contributed by atoms with Gasteiger partial charge in [-0.3, -0.25) is 4.79 Å². The lowest BCUT2D eigenvalue weighted by molar-refractivity contribution is -0.144. The molecule has 16 heavy (non-hydrogen) atoms. The van der Waals surface area contributed by atoms with Crippen LogP contribution in [0.5, 0.6) is 0 Å². The third-order valence-corrected chi connectivity index (χ3v) is 2.18. The number of ether oxygens (including phenoxy) is 1. The van der Waals surface area contributed by atoms with Crippen molar-refractivity contribution in [1.29, 1.82) is 0 Å². The van der Waals surface area contributed by atoms with Gasteiger partial charge in [-0.2, -0.15) is 0 Å². The molecule has 0 amide bonds. The van der Waals surface area contributed by atoms with Gasteiger partial charge in [-0.25, -0.2) is 0 Å². The van der Waals surface area contributed by atoms with Crippen molar-refractivity contribution >= 4 is 18.4 Å². The molecule has 0 unspecified atom stereocenters. The van der Waals surface area contributed by atoms with Crippen LogP contribution in [0.4, 0.5) is 0 Å². The Morgan fingerprint density at radius 3 is 2.56 bits per heavy atom. The van der Waals surface area contributed by atoms with E-state index in [1.165, 1.54) is 5.56 Å². The number of hydrogen-bond acceptors (Lipinski definition) is 3. The number of aryl methyl sites for hydroxylation is 1. The van der Waals surface area contributed by atoms with Crippen LogP contribution >= 0.6 is 12.4 Å². The van der Waals surface area contributed by atoms with Gasteiger partial charge in [0.25, 0.3) is 0 Å². The molecule has 0 saturated carbocycles. The zero-order valence-corrected chi connectivity index (χ0v) is 10.2. The molecule has 1 atom stereocenters. The highest BCUT2D eigenvalue weighted by Gasteiger charge is 2.13. The lowest BCUT2D eigenvalue weighted by atomic mass is 10.1. The SMILES string of the molecule is CCOC(=O)[C@@H](N)CCc1ccccc1.Cl. The molecule has 0 aliphatic heterocycles. The molecule has 0 saturated heterocycles. The summed E-state index contributed by atoms with van der Waals surface area (Å²) < 4.78 is 4.83. The maximum Gasteiger partial charge on any atom is 0.322 e. The smallest absolute Gasteiger partial charge is 0.322 e. The second kappa shape index (κ2) is 8.13. The molecule has 0 spiro atoms. The van der Waals surface area contributed by atoms with Crippen LogP contribution in [0.15, 0.2) is 30.3 Å². The maximum atomic E-state index is 11.2. The van der Waals surface area contributed by atoms with Gasteiger partial charge in [0.05, 0.1) is 6.61 Å². The van der Waals surface area contributed by atoms with Gasteiger partial charge in [0, 0.05) is 0 Å². The first kappa shape index (κ1) is 14.9. The molecule has 0 bridgehead atoms. The van der Waals surface area contributed by atoms with Gasteiger partial charge in [0.15, 0.2) is 0 Å². The molecule has 0 radical (unpaired) electrons. The quantitative estimate of drug-likeness (QED) is 0.804. The number of hydrogen-bond donors (Lipinski definition) is 1. The molecule has 0 aliphatic carbocycles. The minimum atomic E-state index is -0.509. The summed E-state index contributed by atoms with van der Waals surface area (Å²) in [5, 5.41) is 0. The number of carbonyl (C=O) groups excluding carboxylic acids is 1. The Morgan fingerprint density at radius 1 is 1.38 bits per heavy atom. The number of esters is 1. The zero-order valence-electron chi connectivity index (χ0n) is 9.39. The van der Waals surface area contributed by atoms with Gasteiger partial charge in [-0.15, -0.1) is 12.4 Å². The van der Waals surface area contributed by atoms with Crippen molar-refractivity contribution in [2.45, 2.75) is 25.8 Å². The van der Waals surface area contributed by atoms with Crippen LogP contribution in [0.1, 0.15) is 18.9 Å². The van der Waals surface area contributed by atoms with Crippen molar-refractivity contribution < 1.29 is 9.53 Å². The topological polar surface area (TPSA) is 52.3 Å². The van der Waals surface area contributed by atoms with Gasteiger partial charge in [-0.05, 0) is 25.3 Å². The average Bonchev–Trinajstić information content (AvgIpc) is 2.27. The molecule has 1 aromatic rings. The molecule has 90 valence electrons. The number of halogens is 1. The minimum Gasteiger partial charge on any atom is -0.465 e. The van der Waals surface area contributed by atoms with Crippen molar-refractivity contribution in [3.8, 4) is 0 Å². The number of rotatable bonds is 5. The highest BCUT2D eigenvalue weighted by molar-refractivity contribution is 5.85. The third-order valence-electron chi connectivity index (χ3n) is 2.18. The van der Waals surface area contributed by atoms with Crippen LogP contribution in [0, 0.1) is 0 Å². The highest BCUT2D eigenvalue weighted by Crippen LogP contribution is 2.04. The van der Waals surface area contributed by atoms with Gasteiger partial charge in [0.2, 0.25) is 0 Å². The van der Waals surface area contributed by atoms with Crippen LogP contribution in [-0.2, 0) is 16.0 Å². The number of nitrogens with two attached hydrogens (primary N) is 1. The zero-order chi connectivity index (χ0) is 11.1. The highest BCUT2D eigenvalue weighted by atomic mass is 35.5. The van der Waals surface area contributed by atoms with Crippen molar-refractivity contribution in [3.63, 3.8) is 0 Å². The summed E-state index contributed by atoms with van der Waals surface area (Å²) >= 11 is 0. The fourth-order valence-electron chi connectivity index (χ4n) is 1.33. The molecule has 0 aromatic heterocycles. The molecule has 3 nitrogen and oxygen atoms in total. The second-order valence-electron chi connectivity index (χ2n) is 3.38. The Morgan fingerprint density at radius 2 is 2.00 bits per heavy atom. The molecule has 0 heterocycles. The summed E-state index contributed by atoms with van der Waals surface area (Å²) in [5.74, 6) is -0.312. The first-order valence-electron chi connectivity index (χ1n) is 5.20. The fourth-order valence-corrected chi connectivity index (χ4v) is 1.33. The van der Waals surface area contributed by atoms with E-state index in [0.717, 1.165) is 6.42 Å². The van der Waals surface area contributed by atoms with E-state index < -0.39 is 6.04 Å². The molecular formula is C12H18ClNO2. The van der Waals surface area contributed by atoms with Crippen molar-refractivity contribution in [2.24, 2.45) is 5.73 Å². The molecule has 1 rings (SSSR count). The largest absolute Gasteiger partial charge is 0.465 e. The predicted molar refractivity (Wildman–Crippen MR) is 66.6 cm³/mol. The second-order valence-corrected chi connectivity index (χ2v) is 3.38. The van der Waals surface area contributed by atoms with Crippen molar-refractivity contribution in [3.05, 3.63) is 35.9 Å². The lowest BCUT2D eigenvalue weighted by Gasteiger charge is -2.09. The summed E-state index contributed by atoms with van der Waals surface area (Å²) in [6.07, 6.45) is 1.43. The number of benzene rings is 1. The summed E-state index contributed by atoms with van der Waals surface area (Å²) in [5.41, 5.74) is 6.87. The Bertz CT molecular complexity index is 303. The van der Waals surface area contributed by atoms with Crippen molar-refractivity contribution in [2.75, 3.05) is 6.61 Å². The Labute approximate surface area is 102 Å². The van der Waals surface area contributed by atoms with E-state index in [9.17, 15) is 4.79 Å².